The van der Waals surface area contributed by atoms with E-state index >= 15 is 0 Å². The molecule has 1 aliphatic heterocycles. The van der Waals surface area contributed by atoms with E-state index in [9.17, 15) is 14.7 Å². The molecule has 1 aliphatic rings. The number of aryl methyl sites for hydroxylation is 2. The lowest BCUT2D eigenvalue weighted by atomic mass is 9.96. The highest BCUT2D eigenvalue weighted by Gasteiger charge is 2.25. The fraction of sp³-hybridized carbons (Fsp3) is 0.467. The van der Waals surface area contributed by atoms with Gasteiger partial charge in [-0.25, -0.2) is 4.79 Å². The van der Waals surface area contributed by atoms with Crippen molar-refractivity contribution in [3.63, 3.8) is 0 Å². The van der Waals surface area contributed by atoms with Gasteiger partial charge in [-0.15, -0.1) is 0 Å². The van der Waals surface area contributed by atoms with E-state index in [0.29, 0.717) is 43.0 Å². The molecule has 0 atom stereocenters. The Kier molecular flexibility index (Phi) is 4.39. The number of amides is 1. The van der Waals surface area contributed by atoms with Gasteiger partial charge in [0.1, 0.15) is 0 Å². The van der Waals surface area contributed by atoms with Gasteiger partial charge in [0.25, 0.3) is 5.91 Å². The van der Waals surface area contributed by atoms with Crippen LogP contribution in [0.1, 0.15) is 38.3 Å². The number of carboxylic acid groups (broad SMARTS) is 1. The maximum Gasteiger partial charge on any atom is 0.336 e. The van der Waals surface area contributed by atoms with Gasteiger partial charge in [0.15, 0.2) is 0 Å². The van der Waals surface area contributed by atoms with Crippen LogP contribution >= 0.6 is 0 Å². The summed E-state index contributed by atoms with van der Waals surface area (Å²) in [7, 11) is 0. The number of carbonyl (C=O) groups excluding carboxylic acids is 1. The van der Waals surface area contributed by atoms with E-state index in [2.05, 4.69) is 0 Å². The Balaban J connectivity index is 2.42. The second-order valence-corrected chi connectivity index (χ2v) is 5.01. The van der Waals surface area contributed by atoms with Gasteiger partial charge in [-0.05, 0) is 31.4 Å². The van der Waals surface area contributed by atoms with Crippen LogP contribution in [0.4, 0.5) is 0 Å². The van der Waals surface area contributed by atoms with Crippen LogP contribution in [0, 0.1) is 13.8 Å². The minimum Gasteiger partial charge on any atom is -0.478 e. The Hall–Kier alpha value is -1.88. The van der Waals surface area contributed by atoms with Gasteiger partial charge in [-0.3, -0.25) is 4.79 Å². The smallest absolute Gasteiger partial charge is 0.336 e. The number of rotatable bonds is 2. The summed E-state index contributed by atoms with van der Waals surface area (Å²) in [6.45, 7) is 5.73. The van der Waals surface area contributed by atoms with E-state index in [1.807, 2.05) is 0 Å². The predicted octanol–water partition coefficient (Wildman–Crippen LogP) is 1.86. The van der Waals surface area contributed by atoms with Gasteiger partial charge >= 0.3 is 5.97 Å². The van der Waals surface area contributed by atoms with Crippen LogP contribution in [0.5, 0.6) is 0 Å². The molecule has 0 radical (unpaired) electrons. The van der Waals surface area contributed by atoms with Crippen molar-refractivity contribution >= 4 is 11.9 Å². The van der Waals surface area contributed by atoms with Crippen molar-refractivity contribution in [2.75, 3.05) is 26.3 Å². The molecular formula is C15H19NO4. The minimum atomic E-state index is -1.05. The SMILES string of the molecule is Cc1ccc(C)c(C(=O)N2CCCOCC2)c1C(=O)O. The van der Waals surface area contributed by atoms with E-state index < -0.39 is 5.97 Å². The predicted molar refractivity (Wildman–Crippen MR) is 74.2 cm³/mol. The first-order valence-electron chi connectivity index (χ1n) is 6.73. The molecule has 20 heavy (non-hydrogen) atoms. The second kappa shape index (κ2) is 6.05. The topological polar surface area (TPSA) is 66.8 Å². The van der Waals surface area contributed by atoms with Gasteiger partial charge in [0, 0.05) is 19.7 Å². The zero-order valence-corrected chi connectivity index (χ0v) is 11.8. The van der Waals surface area contributed by atoms with Gasteiger partial charge in [0.2, 0.25) is 0 Å². The average Bonchev–Trinajstić information content (AvgIpc) is 2.68. The highest BCUT2D eigenvalue weighted by molar-refractivity contribution is 6.06. The summed E-state index contributed by atoms with van der Waals surface area (Å²) >= 11 is 0. The van der Waals surface area contributed by atoms with Crippen LogP contribution < -0.4 is 0 Å². The molecule has 2 rings (SSSR count). The summed E-state index contributed by atoms with van der Waals surface area (Å²) in [4.78, 5) is 25.8. The number of benzene rings is 1. The van der Waals surface area contributed by atoms with E-state index in [1.54, 1.807) is 30.9 Å². The molecule has 0 spiro atoms. The van der Waals surface area contributed by atoms with E-state index in [1.165, 1.54) is 0 Å². The lowest BCUT2D eigenvalue weighted by Gasteiger charge is -2.22. The summed E-state index contributed by atoms with van der Waals surface area (Å²) in [6, 6.07) is 3.53. The molecule has 0 aliphatic carbocycles. The fourth-order valence-electron chi connectivity index (χ4n) is 2.47. The summed E-state index contributed by atoms with van der Waals surface area (Å²) in [5.74, 6) is -1.27. The Morgan fingerprint density at radius 1 is 1.10 bits per heavy atom. The van der Waals surface area contributed by atoms with Crippen LogP contribution in [0.3, 0.4) is 0 Å². The Bertz CT molecular complexity index is 531. The molecule has 1 amide bonds. The molecule has 1 fully saturated rings. The summed E-state index contributed by atoms with van der Waals surface area (Å²) in [5.41, 5.74) is 1.72. The Morgan fingerprint density at radius 2 is 1.75 bits per heavy atom. The van der Waals surface area contributed by atoms with Gasteiger partial charge < -0.3 is 14.7 Å². The van der Waals surface area contributed by atoms with Crippen molar-refractivity contribution in [3.05, 3.63) is 34.4 Å². The van der Waals surface area contributed by atoms with E-state index in [0.717, 1.165) is 6.42 Å². The third kappa shape index (κ3) is 2.82. The molecule has 108 valence electrons. The lowest BCUT2D eigenvalue weighted by molar-refractivity contribution is 0.0671. The van der Waals surface area contributed by atoms with Gasteiger partial charge in [0.05, 0.1) is 17.7 Å². The normalized spacial score (nSPS) is 15.8. The monoisotopic (exact) mass is 277 g/mol. The number of nitrogens with zero attached hydrogens (tertiary/aromatic N) is 1. The molecule has 1 N–H and O–H groups in total. The van der Waals surface area contributed by atoms with Crippen molar-refractivity contribution in [2.24, 2.45) is 0 Å². The number of carboxylic acids is 1. The quantitative estimate of drug-likeness (QED) is 0.896. The van der Waals surface area contributed by atoms with Crippen molar-refractivity contribution < 1.29 is 19.4 Å². The molecule has 5 nitrogen and oxygen atoms in total. The van der Waals surface area contributed by atoms with Crippen LogP contribution in [-0.2, 0) is 4.74 Å². The Morgan fingerprint density at radius 3 is 2.40 bits per heavy atom. The van der Waals surface area contributed by atoms with Gasteiger partial charge in [-0.2, -0.15) is 0 Å². The molecule has 0 saturated carbocycles. The first-order valence-corrected chi connectivity index (χ1v) is 6.73. The fourth-order valence-corrected chi connectivity index (χ4v) is 2.47. The lowest BCUT2D eigenvalue weighted by Crippen LogP contribution is -2.35. The number of carbonyl (C=O) groups is 2. The van der Waals surface area contributed by atoms with E-state index in [-0.39, 0.29) is 11.5 Å². The molecule has 5 heteroatoms. The highest BCUT2D eigenvalue weighted by atomic mass is 16.5. The average molecular weight is 277 g/mol. The zero-order chi connectivity index (χ0) is 14.7. The van der Waals surface area contributed by atoms with Crippen molar-refractivity contribution in [1.82, 2.24) is 4.90 Å². The standard InChI is InChI=1S/C15H19NO4/c1-10-4-5-11(2)13(15(18)19)12(10)14(17)16-6-3-8-20-9-7-16/h4-5H,3,6-9H2,1-2H3,(H,18,19). The highest BCUT2D eigenvalue weighted by Crippen LogP contribution is 2.21. The van der Waals surface area contributed by atoms with Crippen LogP contribution in [-0.4, -0.2) is 48.2 Å². The molecule has 0 unspecified atom stereocenters. The summed E-state index contributed by atoms with van der Waals surface area (Å²) in [5, 5.41) is 9.38. The largest absolute Gasteiger partial charge is 0.478 e. The summed E-state index contributed by atoms with van der Waals surface area (Å²) < 4.78 is 5.33. The first kappa shape index (κ1) is 14.5. The van der Waals surface area contributed by atoms with Crippen molar-refractivity contribution in [3.8, 4) is 0 Å². The molecule has 0 aromatic heterocycles. The first-order chi connectivity index (χ1) is 9.52. The van der Waals surface area contributed by atoms with E-state index in [4.69, 9.17) is 4.74 Å². The number of ether oxygens (including phenoxy) is 1. The number of hydrogen-bond acceptors (Lipinski definition) is 3. The van der Waals surface area contributed by atoms with Crippen LogP contribution in [0.25, 0.3) is 0 Å². The minimum absolute atomic E-state index is 0.111. The maximum atomic E-state index is 12.7. The van der Waals surface area contributed by atoms with Crippen LogP contribution in [0.15, 0.2) is 12.1 Å². The third-order valence-corrected chi connectivity index (χ3v) is 3.56. The molecule has 0 bridgehead atoms. The molecular weight excluding hydrogens is 258 g/mol. The Labute approximate surface area is 118 Å². The second-order valence-electron chi connectivity index (χ2n) is 5.01. The maximum absolute atomic E-state index is 12.7. The number of aromatic carboxylic acids is 1. The summed E-state index contributed by atoms with van der Waals surface area (Å²) in [6.07, 6.45) is 0.777. The van der Waals surface area contributed by atoms with Gasteiger partial charge in [-0.1, -0.05) is 12.1 Å². The van der Waals surface area contributed by atoms with Crippen molar-refractivity contribution in [1.29, 1.82) is 0 Å². The molecule has 1 heterocycles. The molecule has 1 aromatic rings. The zero-order valence-electron chi connectivity index (χ0n) is 11.8. The number of hydrogen-bond donors (Lipinski definition) is 1. The van der Waals surface area contributed by atoms with Crippen LogP contribution in [0.2, 0.25) is 0 Å². The molecule has 1 saturated heterocycles. The third-order valence-electron chi connectivity index (χ3n) is 3.56. The van der Waals surface area contributed by atoms with Crippen molar-refractivity contribution in [2.45, 2.75) is 20.3 Å². The molecule has 1 aromatic carbocycles.